The van der Waals surface area contributed by atoms with Gasteiger partial charge in [-0.2, -0.15) is 52.7 Å². The van der Waals surface area contributed by atoms with Crippen molar-refractivity contribution in [1.29, 1.82) is 0 Å². The van der Waals surface area contributed by atoms with E-state index in [1.165, 1.54) is 113 Å². The summed E-state index contributed by atoms with van der Waals surface area (Å²) in [5, 5.41) is 35.1. The fourth-order valence-electron chi connectivity index (χ4n) is 5.67. The Morgan fingerprint density at radius 3 is 0.808 bits per heavy atom. The number of carboxylic acids is 4. The van der Waals surface area contributed by atoms with Gasteiger partial charge in [-0.3, -0.25) is 30.2 Å². The summed E-state index contributed by atoms with van der Waals surface area (Å²) < 4.78 is 127. The molecule has 34 heteroatoms. The number of carbonyl (C=O) groups is 6. The number of alkyl halides is 12. The van der Waals surface area contributed by atoms with Gasteiger partial charge in [0.15, 0.2) is 22.2 Å². The number of nitrogens with one attached hydrogen (secondary N) is 2. The van der Waals surface area contributed by atoms with Gasteiger partial charge in [0.1, 0.15) is 0 Å². The molecule has 2 aromatic heterocycles. The number of nitrogen functional groups attached to an aromatic ring is 2. The maximum Gasteiger partial charge on any atom is 0.490 e. The van der Waals surface area contributed by atoms with Crippen molar-refractivity contribution in [1.82, 2.24) is 20.6 Å². The van der Waals surface area contributed by atoms with Gasteiger partial charge in [-0.1, -0.05) is 103 Å². The molecule has 0 bridgehead atoms. The lowest BCUT2D eigenvalue weighted by Gasteiger charge is -2.05. The number of nitrogens with zero attached hydrogens (tertiary/aromatic N) is 4. The molecular weight excluding hydrogens is 1120 g/mol. The molecule has 0 spiro atoms. The number of aliphatic carboxylic acids is 4. The first-order valence-corrected chi connectivity index (χ1v) is 25.5. The molecule has 0 aliphatic heterocycles. The maximum absolute atomic E-state index is 12.1. The van der Waals surface area contributed by atoms with E-state index in [4.69, 9.17) is 62.5 Å². The molecule has 0 atom stereocenters. The van der Waals surface area contributed by atoms with Crippen molar-refractivity contribution in [3.8, 4) is 0 Å². The van der Waals surface area contributed by atoms with Gasteiger partial charge in [-0.05, 0) is 38.5 Å². The van der Waals surface area contributed by atoms with Gasteiger partial charge in [-0.15, -0.1) is 22.7 Å². The third kappa shape index (κ3) is 50.6. The number of unbranched alkanes of at least 4 members (excludes halogenated alkanes) is 17. The van der Waals surface area contributed by atoms with E-state index < -0.39 is 48.6 Å². The van der Waals surface area contributed by atoms with Crippen LogP contribution in [-0.4, -0.2) is 116 Å². The van der Waals surface area contributed by atoms with Crippen LogP contribution in [0.5, 0.6) is 0 Å². The molecule has 20 nitrogen and oxygen atoms in total. The lowest BCUT2D eigenvalue weighted by Crippen LogP contribution is -2.36. The Morgan fingerprint density at radius 1 is 0.423 bits per heavy atom. The molecule has 2 rings (SSSR count). The Balaban J connectivity index is -0.00000162. The third-order valence-electron chi connectivity index (χ3n) is 9.43. The molecule has 450 valence electrons. The summed E-state index contributed by atoms with van der Waals surface area (Å²) in [6.07, 6.45) is 9.74. The summed E-state index contributed by atoms with van der Waals surface area (Å²) in [6, 6.07) is 0. The lowest BCUT2D eigenvalue weighted by molar-refractivity contribution is -0.193. The quantitative estimate of drug-likeness (QED) is 0.0157. The van der Waals surface area contributed by atoms with E-state index in [1.807, 2.05) is 0 Å². The summed E-state index contributed by atoms with van der Waals surface area (Å²) in [5.74, 6) is -10.7. The van der Waals surface area contributed by atoms with Gasteiger partial charge >= 0.3 is 48.6 Å². The minimum atomic E-state index is -5.08. The Labute approximate surface area is 448 Å². The van der Waals surface area contributed by atoms with E-state index in [9.17, 15) is 62.3 Å². The van der Waals surface area contributed by atoms with Crippen LogP contribution in [0.25, 0.3) is 0 Å². The highest BCUT2D eigenvalue weighted by Gasteiger charge is 2.40. The van der Waals surface area contributed by atoms with Crippen LogP contribution in [0.4, 0.5) is 62.9 Å². The Bertz CT molecular complexity index is 1880. The number of aliphatic imine (C=N–C) groups is 2. The first kappa shape index (κ1) is 76.0. The van der Waals surface area contributed by atoms with Gasteiger partial charge in [0, 0.05) is 48.1 Å². The Hall–Kier alpha value is -6.22. The molecule has 0 aliphatic rings. The Morgan fingerprint density at radius 2 is 0.628 bits per heavy atom. The molecule has 2 heterocycles. The predicted octanol–water partition coefficient (Wildman–Crippen LogP) is 9.53. The number of aryl methyl sites for hydroxylation is 2. The van der Waals surface area contributed by atoms with Crippen molar-refractivity contribution in [3.05, 3.63) is 22.1 Å². The van der Waals surface area contributed by atoms with Crippen LogP contribution in [0.1, 0.15) is 151 Å². The van der Waals surface area contributed by atoms with Crippen molar-refractivity contribution in [2.24, 2.45) is 21.5 Å². The van der Waals surface area contributed by atoms with Crippen LogP contribution in [-0.2, 0) is 41.6 Å². The molecule has 0 radical (unpaired) electrons. The van der Waals surface area contributed by atoms with Crippen molar-refractivity contribution in [3.63, 3.8) is 0 Å². The number of hydrogen-bond acceptors (Lipinski definition) is 14. The van der Waals surface area contributed by atoms with Crippen LogP contribution in [0.15, 0.2) is 22.4 Å². The van der Waals surface area contributed by atoms with E-state index in [1.54, 1.807) is 12.4 Å². The molecule has 78 heavy (non-hydrogen) atoms. The molecule has 0 saturated heterocycles. The molecular formula is C44H68F12N10O10S2. The summed E-state index contributed by atoms with van der Waals surface area (Å²) >= 11 is 2.98. The number of rotatable bonds is 29. The zero-order valence-corrected chi connectivity index (χ0v) is 43.9. The highest BCUT2D eigenvalue weighted by atomic mass is 32.1. The number of halogens is 12. The van der Waals surface area contributed by atoms with E-state index in [0.717, 1.165) is 61.1 Å². The minimum absolute atomic E-state index is 0.0496. The minimum Gasteiger partial charge on any atom is -0.475 e. The largest absolute Gasteiger partial charge is 0.490 e. The second-order valence-corrected chi connectivity index (χ2v) is 18.5. The number of guanidine groups is 2. The topological polar surface area (TPSA) is 362 Å². The van der Waals surface area contributed by atoms with E-state index in [-0.39, 0.29) is 23.7 Å². The number of thiazole rings is 2. The van der Waals surface area contributed by atoms with Crippen LogP contribution in [0.3, 0.4) is 0 Å². The van der Waals surface area contributed by atoms with Crippen molar-refractivity contribution in [2.75, 3.05) is 24.6 Å². The van der Waals surface area contributed by atoms with Gasteiger partial charge in [0.25, 0.3) is 0 Å². The fourth-order valence-corrected chi connectivity index (χ4v) is 7.12. The van der Waals surface area contributed by atoms with Crippen LogP contribution < -0.4 is 33.6 Å². The highest BCUT2D eigenvalue weighted by Crippen LogP contribution is 2.19. The summed E-state index contributed by atoms with van der Waals surface area (Å²) in [6.45, 7) is 1.14. The van der Waals surface area contributed by atoms with Crippen LogP contribution in [0.2, 0.25) is 0 Å². The van der Waals surface area contributed by atoms with Crippen molar-refractivity contribution >= 4 is 80.5 Å². The van der Waals surface area contributed by atoms with E-state index in [2.05, 4.69) is 30.6 Å². The van der Waals surface area contributed by atoms with Crippen LogP contribution in [0, 0.1) is 0 Å². The molecule has 0 fully saturated rings. The molecule has 14 N–H and O–H groups in total. The average Bonchev–Trinajstić information content (AvgIpc) is 3.94. The smallest absolute Gasteiger partial charge is 0.475 e. The Kier molecular flexibility index (Phi) is 41.7. The monoisotopic (exact) mass is 1190 g/mol. The number of aromatic nitrogens is 2. The summed E-state index contributed by atoms with van der Waals surface area (Å²) in [4.78, 5) is 78.6. The van der Waals surface area contributed by atoms with Crippen LogP contribution >= 0.6 is 22.7 Å². The number of carboxylic acid groups (broad SMARTS) is 4. The number of nitrogens with two attached hydrogens (primary N) is 4. The number of carbonyl (C=O) groups excluding carboxylic acids is 2. The van der Waals surface area contributed by atoms with Crippen molar-refractivity contribution < 1.29 is 102 Å². The second kappa shape index (κ2) is 42.8. The van der Waals surface area contributed by atoms with Gasteiger partial charge in [-0.25, -0.2) is 29.1 Å². The van der Waals surface area contributed by atoms with Crippen molar-refractivity contribution in [2.45, 2.75) is 179 Å². The molecule has 2 amide bonds. The van der Waals surface area contributed by atoms with E-state index >= 15 is 0 Å². The molecule has 0 unspecified atom stereocenters. The van der Waals surface area contributed by atoms with Gasteiger partial charge < -0.3 is 43.4 Å². The maximum atomic E-state index is 12.1. The van der Waals surface area contributed by atoms with Gasteiger partial charge in [0.2, 0.25) is 11.8 Å². The number of hydrogen-bond donors (Lipinski definition) is 10. The first-order chi connectivity index (χ1) is 36.1. The highest BCUT2D eigenvalue weighted by molar-refractivity contribution is 7.15. The predicted molar refractivity (Wildman–Crippen MR) is 266 cm³/mol. The van der Waals surface area contributed by atoms with E-state index in [0.29, 0.717) is 36.2 Å². The molecule has 0 aliphatic carbocycles. The molecule has 0 saturated carbocycles. The molecule has 2 aromatic rings. The summed E-state index contributed by atoms with van der Waals surface area (Å²) in [5.41, 5.74) is 23.0. The second-order valence-electron chi connectivity index (χ2n) is 16.2. The number of anilines is 2. The average molecular weight is 1190 g/mol. The zero-order valence-electron chi connectivity index (χ0n) is 42.2. The fraction of sp³-hybridized carbons (Fsp3) is 0.682. The SMILES string of the molecule is NC(=NCCCc1cnc(N)s1)NC(=O)CCCCCCCCCCCCCCCCCCCCC(=O)NC(N)=NCCCc1cnc(N)s1.O=C(O)C(F)(F)F.O=C(O)C(F)(F)F.O=C(O)C(F)(F)F.O=C(O)C(F)(F)F. The molecule has 0 aromatic carbocycles. The van der Waals surface area contributed by atoms with Gasteiger partial charge in [0.05, 0.1) is 0 Å². The standard InChI is InChI=1S/C36H64N10O2S2.4C2HF3O2/c37-33(41-25-19-21-29-27-43-35(39)49-29)45-31(47)23-17-15-13-11-9-7-5-3-1-2-4-6-8-10-12-14-16-18-24-32(48)46-34(38)42-26-20-22-30-28-44-36(40)50-30;4*3-2(4,5)1(6)7/h27-28H,1-26H2,(H2,39,43)(H2,40,44)(H3,37,41,45,47)(H3,38,42,46,48);4*(H,6,7). The summed E-state index contributed by atoms with van der Waals surface area (Å²) in [7, 11) is 0. The third-order valence-corrected chi connectivity index (χ3v) is 11.2. The number of amides is 2. The zero-order chi connectivity index (χ0) is 60.4. The lowest BCUT2D eigenvalue weighted by atomic mass is 10.0. The first-order valence-electron chi connectivity index (χ1n) is 23.9. The normalized spacial score (nSPS) is 11.7.